The normalized spacial score (nSPS) is 16.9. The molecule has 0 atom stereocenters. The summed E-state index contributed by atoms with van der Waals surface area (Å²) in [6, 6.07) is 2.97. The number of fused-ring (bicyclic) bond motifs is 1. The number of aromatic nitrogens is 2. The molecule has 0 bridgehead atoms. The lowest BCUT2D eigenvalue weighted by Gasteiger charge is -2.21. The quantitative estimate of drug-likeness (QED) is 0.913. The highest BCUT2D eigenvalue weighted by molar-refractivity contribution is 6.31. The number of imidazole rings is 1. The molecule has 0 radical (unpaired) electrons. The maximum Gasteiger partial charge on any atom is 0.201 e. The van der Waals surface area contributed by atoms with Crippen LogP contribution in [0.4, 0.5) is 10.3 Å². The first-order valence-corrected chi connectivity index (χ1v) is 7.63. The molecule has 20 heavy (non-hydrogen) atoms. The van der Waals surface area contributed by atoms with Gasteiger partial charge in [0.25, 0.3) is 0 Å². The highest BCUT2D eigenvalue weighted by Crippen LogP contribution is 2.29. The fourth-order valence-electron chi connectivity index (χ4n) is 3.16. The summed E-state index contributed by atoms with van der Waals surface area (Å²) in [5, 5.41) is 0.0921. The second kappa shape index (κ2) is 5.60. The van der Waals surface area contributed by atoms with Crippen LogP contribution >= 0.6 is 11.6 Å². The molecule has 0 spiro atoms. The zero-order valence-corrected chi connectivity index (χ0v) is 12.2. The zero-order valence-electron chi connectivity index (χ0n) is 11.4. The topological polar surface area (TPSA) is 43.8 Å². The summed E-state index contributed by atoms with van der Waals surface area (Å²) >= 11 is 5.78. The molecule has 1 aliphatic rings. The fourth-order valence-corrected chi connectivity index (χ4v) is 3.32. The Morgan fingerprint density at radius 2 is 2.05 bits per heavy atom. The Hall–Kier alpha value is -1.29. The van der Waals surface area contributed by atoms with Gasteiger partial charge in [-0.3, -0.25) is 0 Å². The number of rotatable bonds is 3. The molecule has 0 amide bonds. The van der Waals surface area contributed by atoms with Gasteiger partial charge in [-0.15, -0.1) is 0 Å². The third-order valence-corrected chi connectivity index (χ3v) is 4.60. The van der Waals surface area contributed by atoms with E-state index in [9.17, 15) is 4.39 Å². The van der Waals surface area contributed by atoms with Crippen molar-refractivity contribution in [3.63, 3.8) is 0 Å². The monoisotopic (exact) mass is 295 g/mol. The minimum Gasteiger partial charge on any atom is -0.369 e. The van der Waals surface area contributed by atoms with Crippen LogP contribution < -0.4 is 5.73 Å². The molecule has 3 rings (SSSR count). The summed E-state index contributed by atoms with van der Waals surface area (Å²) in [5.41, 5.74) is 7.36. The van der Waals surface area contributed by atoms with Gasteiger partial charge in [-0.2, -0.15) is 0 Å². The summed E-state index contributed by atoms with van der Waals surface area (Å²) in [6.45, 7) is 0.800. The second-order valence-corrected chi connectivity index (χ2v) is 6.08. The van der Waals surface area contributed by atoms with Crippen LogP contribution in [-0.4, -0.2) is 9.55 Å². The Morgan fingerprint density at radius 3 is 2.80 bits per heavy atom. The van der Waals surface area contributed by atoms with E-state index < -0.39 is 5.82 Å². The van der Waals surface area contributed by atoms with Crippen LogP contribution in [0.15, 0.2) is 12.1 Å². The van der Waals surface area contributed by atoms with Crippen LogP contribution in [0, 0.1) is 11.7 Å². The van der Waals surface area contributed by atoms with Gasteiger partial charge in [0.1, 0.15) is 5.82 Å². The largest absolute Gasteiger partial charge is 0.369 e. The molecular weight excluding hydrogens is 277 g/mol. The molecule has 1 aliphatic carbocycles. The summed E-state index contributed by atoms with van der Waals surface area (Å²) in [6.07, 6.45) is 7.69. The SMILES string of the molecule is Nc1nc2cc(Cl)c(F)cc2n1CCC1CCCCC1. The van der Waals surface area contributed by atoms with E-state index in [2.05, 4.69) is 4.98 Å². The molecule has 108 valence electrons. The third kappa shape index (κ3) is 2.62. The van der Waals surface area contributed by atoms with Crippen molar-refractivity contribution in [2.45, 2.75) is 45.1 Å². The van der Waals surface area contributed by atoms with Crippen molar-refractivity contribution in [2.75, 3.05) is 5.73 Å². The zero-order chi connectivity index (χ0) is 14.1. The molecule has 5 heteroatoms. The summed E-state index contributed by atoms with van der Waals surface area (Å²) in [4.78, 5) is 4.27. The number of hydrogen-bond donors (Lipinski definition) is 1. The van der Waals surface area contributed by atoms with Gasteiger partial charge < -0.3 is 10.3 Å². The van der Waals surface area contributed by atoms with E-state index in [1.165, 1.54) is 38.2 Å². The molecule has 1 fully saturated rings. The van der Waals surface area contributed by atoms with Crippen LogP contribution in [0.3, 0.4) is 0 Å². The van der Waals surface area contributed by atoms with Crippen molar-refractivity contribution in [3.05, 3.63) is 23.0 Å². The van der Waals surface area contributed by atoms with E-state index in [0.29, 0.717) is 11.5 Å². The van der Waals surface area contributed by atoms with Gasteiger partial charge in [0.15, 0.2) is 0 Å². The molecule has 1 heterocycles. The third-order valence-electron chi connectivity index (χ3n) is 4.31. The van der Waals surface area contributed by atoms with Gasteiger partial charge in [-0.1, -0.05) is 43.7 Å². The standard InChI is InChI=1S/C15H19ClFN3/c16-11-8-13-14(9-12(11)17)20(15(18)19-13)7-6-10-4-2-1-3-5-10/h8-10H,1-7H2,(H2,18,19). The van der Waals surface area contributed by atoms with Gasteiger partial charge in [0.2, 0.25) is 5.95 Å². The number of hydrogen-bond acceptors (Lipinski definition) is 2. The predicted molar refractivity (Wildman–Crippen MR) is 80.3 cm³/mol. The van der Waals surface area contributed by atoms with Crippen molar-refractivity contribution in [1.82, 2.24) is 9.55 Å². The Bertz CT molecular complexity index is 617. The number of nitrogen functional groups attached to an aromatic ring is 1. The smallest absolute Gasteiger partial charge is 0.201 e. The Balaban J connectivity index is 1.83. The number of benzene rings is 1. The van der Waals surface area contributed by atoms with E-state index in [1.807, 2.05) is 4.57 Å². The highest BCUT2D eigenvalue weighted by Gasteiger charge is 2.16. The van der Waals surface area contributed by atoms with Crippen LogP contribution in [0.2, 0.25) is 5.02 Å². The first-order valence-electron chi connectivity index (χ1n) is 7.26. The molecule has 0 unspecified atom stereocenters. The lowest BCUT2D eigenvalue weighted by atomic mass is 9.87. The maximum absolute atomic E-state index is 13.6. The van der Waals surface area contributed by atoms with Crippen molar-refractivity contribution in [1.29, 1.82) is 0 Å². The Kier molecular flexibility index (Phi) is 3.83. The molecular formula is C15H19ClFN3. The van der Waals surface area contributed by atoms with Gasteiger partial charge in [-0.25, -0.2) is 9.37 Å². The molecule has 1 aromatic heterocycles. The van der Waals surface area contributed by atoms with Crippen molar-refractivity contribution < 1.29 is 4.39 Å². The fraction of sp³-hybridized carbons (Fsp3) is 0.533. The summed E-state index contributed by atoms with van der Waals surface area (Å²) in [5.74, 6) is 0.785. The average Bonchev–Trinajstić information content (AvgIpc) is 2.73. The Morgan fingerprint density at radius 1 is 1.30 bits per heavy atom. The number of halogens is 2. The van der Waals surface area contributed by atoms with Gasteiger partial charge in [-0.05, 0) is 18.4 Å². The van der Waals surface area contributed by atoms with Gasteiger partial charge >= 0.3 is 0 Å². The van der Waals surface area contributed by atoms with Crippen LogP contribution in [0.1, 0.15) is 38.5 Å². The first-order chi connectivity index (χ1) is 9.65. The number of anilines is 1. The molecule has 0 aliphatic heterocycles. The molecule has 1 saturated carbocycles. The van der Waals surface area contributed by atoms with Crippen LogP contribution in [-0.2, 0) is 6.54 Å². The second-order valence-electron chi connectivity index (χ2n) is 5.67. The Labute approximate surface area is 122 Å². The van der Waals surface area contributed by atoms with E-state index in [-0.39, 0.29) is 5.02 Å². The van der Waals surface area contributed by atoms with E-state index in [4.69, 9.17) is 17.3 Å². The molecule has 0 saturated heterocycles. The summed E-state index contributed by atoms with van der Waals surface area (Å²) < 4.78 is 15.5. The lowest BCUT2D eigenvalue weighted by molar-refractivity contribution is 0.326. The van der Waals surface area contributed by atoms with Crippen molar-refractivity contribution >= 4 is 28.6 Å². The number of nitrogens with two attached hydrogens (primary N) is 1. The first kappa shape index (κ1) is 13.7. The van der Waals surface area contributed by atoms with Crippen LogP contribution in [0.5, 0.6) is 0 Å². The minimum absolute atomic E-state index is 0.0921. The number of nitrogens with zero attached hydrogens (tertiary/aromatic N) is 2. The molecule has 3 nitrogen and oxygen atoms in total. The number of aryl methyl sites for hydroxylation is 1. The molecule has 1 aromatic carbocycles. The molecule has 2 aromatic rings. The maximum atomic E-state index is 13.6. The van der Waals surface area contributed by atoms with Crippen molar-refractivity contribution in [2.24, 2.45) is 5.92 Å². The van der Waals surface area contributed by atoms with E-state index >= 15 is 0 Å². The lowest BCUT2D eigenvalue weighted by Crippen LogP contribution is -2.11. The predicted octanol–water partition coefficient (Wildman–Crippen LogP) is 4.38. The highest BCUT2D eigenvalue weighted by atomic mass is 35.5. The molecule has 2 N–H and O–H groups in total. The van der Waals surface area contributed by atoms with Gasteiger partial charge in [0, 0.05) is 12.6 Å². The van der Waals surface area contributed by atoms with Crippen molar-refractivity contribution in [3.8, 4) is 0 Å². The summed E-state index contributed by atoms with van der Waals surface area (Å²) in [7, 11) is 0. The average molecular weight is 296 g/mol. The van der Waals surface area contributed by atoms with E-state index in [0.717, 1.165) is 24.4 Å². The van der Waals surface area contributed by atoms with Crippen LogP contribution in [0.25, 0.3) is 11.0 Å². The van der Waals surface area contributed by atoms with Gasteiger partial charge in [0.05, 0.1) is 16.1 Å². The minimum atomic E-state index is -0.419. The van der Waals surface area contributed by atoms with E-state index in [1.54, 1.807) is 6.07 Å².